The van der Waals surface area contributed by atoms with Crippen LogP contribution in [-0.4, -0.2) is 61.4 Å². The lowest BCUT2D eigenvalue weighted by Crippen LogP contribution is -2.56. The molecule has 4 amide bonds. The van der Waals surface area contributed by atoms with Crippen LogP contribution in [0.2, 0.25) is 0 Å². The first-order valence-corrected chi connectivity index (χ1v) is 12.6. The predicted octanol–water partition coefficient (Wildman–Crippen LogP) is -0.497. The molecule has 0 heterocycles. The Morgan fingerprint density at radius 1 is 0.618 bits per heavy atom. The number of carbonyl (C=O) groups is 4. The number of carbonyl (C=O) groups excluding carboxylic acids is 4. The van der Waals surface area contributed by atoms with E-state index in [1.54, 1.807) is 0 Å². The fourth-order valence-electron chi connectivity index (χ4n) is 3.49. The van der Waals surface area contributed by atoms with Gasteiger partial charge in [0, 0.05) is 6.42 Å². The number of hydrogen-bond acceptors (Lipinski definition) is 7. The first-order valence-electron chi connectivity index (χ1n) is 12.6. The standard InChI is InChI=1S/C23H47N7O4/c1-2-3-4-5-6-13-20(31)28-18(11-8-15-25)22(33)30-19(12-9-16-26)23(34)29-17(21(27)32)10-7-14-24/h17-19H,2-16,24-26H2,1H3,(H2,27,32)(H,28,31)(H,29,34)(H,30,33)/t17-,18-,19-/m0/s1. The van der Waals surface area contributed by atoms with Crippen molar-refractivity contribution in [2.45, 2.75) is 102 Å². The van der Waals surface area contributed by atoms with Gasteiger partial charge in [0.05, 0.1) is 0 Å². The molecule has 0 aromatic carbocycles. The van der Waals surface area contributed by atoms with Crippen molar-refractivity contribution in [3.8, 4) is 0 Å². The third-order valence-corrected chi connectivity index (χ3v) is 5.54. The average Bonchev–Trinajstić information content (AvgIpc) is 2.81. The van der Waals surface area contributed by atoms with Crippen LogP contribution in [0.25, 0.3) is 0 Å². The van der Waals surface area contributed by atoms with E-state index in [0.29, 0.717) is 58.2 Å². The van der Waals surface area contributed by atoms with Crippen LogP contribution in [0.1, 0.15) is 84.0 Å². The Morgan fingerprint density at radius 2 is 1.06 bits per heavy atom. The van der Waals surface area contributed by atoms with Crippen LogP contribution in [0.15, 0.2) is 0 Å². The Morgan fingerprint density at radius 3 is 1.53 bits per heavy atom. The molecule has 11 heteroatoms. The van der Waals surface area contributed by atoms with Gasteiger partial charge in [-0.15, -0.1) is 0 Å². The minimum Gasteiger partial charge on any atom is -0.368 e. The molecular formula is C23H47N7O4. The van der Waals surface area contributed by atoms with Crippen molar-refractivity contribution in [1.82, 2.24) is 16.0 Å². The molecule has 0 unspecified atom stereocenters. The Kier molecular flexibility index (Phi) is 18.8. The van der Waals surface area contributed by atoms with Gasteiger partial charge < -0.3 is 38.9 Å². The smallest absolute Gasteiger partial charge is 0.243 e. The van der Waals surface area contributed by atoms with E-state index in [1.807, 2.05) is 0 Å². The first kappa shape index (κ1) is 31.8. The molecule has 0 aliphatic rings. The SMILES string of the molecule is CCCCCCCC(=O)N[C@@H](CCCN)C(=O)N[C@@H](CCCN)C(=O)N[C@@H](CCCN)C(N)=O. The van der Waals surface area contributed by atoms with Gasteiger partial charge in [-0.05, 0) is 64.6 Å². The van der Waals surface area contributed by atoms with E-state index in [0.717, 1.165) is 32.1 Å². The zero-order valence-corrected chi connectivity index (χ0v) is 20.8. The normalized spacial score (nSPS) is 13.5. The summed E-state index contributed by atoms with van der Waals surface area (Å²) in [6.45, 7) is 3.18. The topological polar surface area (TPSA) is 208 Å². The molecule has 11 N–H and O–H groups in total. The summed E-state index contributed by atoms with van der Waals surface area (Å²) < 4.78 is 0. The highest BCUT2D eigenvalue weighted by molar-refractivity contribution is 5.93. The van der Waals surface area contributed by atoms with Gasteiger partial charge in [-0.2, -0.15) is 0 Å². The largest absolute Gasteiger partial charge is 0.368 e. The highest BCUT2D eigenvalue weighted by Crippen LogP contribution is 2.07. The molecule has 0 aromatic heterocycles. The van der Waals surface area contributed by atoms with E-state index in [4.69, 9.17) is 22.9 Å². The second kappa shape index (κ2) is 20.2. The monoisotopic (exact) mass is 485 g/mol. The van der Waals surface area contributed by atoms with E-state index in [2.05, 4.69) is 22.9 Å². The highest BCUT2D eigenvalue weighted by atomic mass is 16.2. The van der Waals surface area contributed by atoms with E-state index >= 15 is 0 Å². The molecule has 0 rings (SSSR count). The summed E-state index contributed by atoms with van der Waals surface area (Å²) in [7, 11) is 0. The lowest BCUT2D eigenvalue weighted by Gasteiger charge is -2.25. The van der Waals surface area contributed by atoms with E-state index in [9.17, 15) is 19.2 Å². The van der Waals surface area contributed by atoms with Gasteiger partial charge in [0.1, 0.15) is 18.1 Å². The van der Waals surface area contributed by atoms with Gasteiger partial charge in [0.15, 0.2) is 0 Å². The second-order valence-electron chi connectivity index (χ2n) is 8.60. The molecule has 34 heavy (non-hydrogen) atoms. The number of nitrogens with two attached hydrogens (primary N) is 4. The maximum absolute atomic E-state index is 13.0. The number of hydrogen-bond donors (Lipinski definition) is 7. The molecular weight excluding hydrogens is 438 g/mol. The number of nitrogens with one attached hydrogen (secondary N) is 3. The van der Waals surface area contributed by atoms with E-state index in [1.165, 1.54) is 0 Å². The van der Waals surface area contributed by atoms with Crippen LogP contribution in [-0.2, 0) is 19.2 Å². The third-order valence-electron chi connectivity index (χ3n) is 5.54. The minimum absolute atomic E-state index is 0.202. The molecule has 0 saturated heterocycles. The zero-order valence-electron chi connectivity index (χ0n) is 20.8. The summed E-state index contributed by atoms with van der Waals surface area (Å²) in [6, 6.07) is -2.60. The van der Waals surface area contributed by atoms with Crippen LogP contribution in [0.3, 0.4) is 0 Å². The quantitative estimate of drug-likeness (QED) is 0.106. The summed E-state index contributed by atoms with van der Waals surface area (Å²) in [5.74, 6) is -1.87. The van der Waals surface area contributed by atoms with Crippen molar-refractivity contribution in [1.29, 1.82) is 0 Å². The fourth-order valence-corrected chi connectivity index (χ4v) is 3.49. The van der Waals surface area contributed by atoms with E-state index in [-0.39, 0.29) is 12.3 Å². The summed E-state index contributed by atoms with van der Waals surface area (Å²) in [5.41, 5.74) is 22.1. The van der Waals surface area contributed by atoms with E-state index < -0.39 is 35.8 Å². The van der Waals surface area contributed by atoms with Gasteiger partial charge in [-0.3, -0.25) is 19.2 Å². The molecule has 0 saturated carbocycles. The Balaban J connectivity index is 5.13. The maximum Gasteiger partial charge on any atom is 0.243 e. The van der Waals surface area contributed by atoms with Crippen LogP contribution in [0.5, 0.6) is 0 Å². The Bertz CT molecular complexity index is 604. The first-order chi connectivity index (χ1) is 16.3. The Hall–Kier alpha value is -2.24. The molecule has 0 radical (unpaired) electrons. The number of primary amides is 1. The summed E-state index contributed by atoms with van der Waals surface area (Å²) >= 11 is 0. The van der Waals surface area contributed by atoms with Crippen molar-refractivity contribution in [3.63, 3.8) is 0 Å². The maximum atomic E-state index is 13.0. The van der Waals surface area contributed by atoms with Crippen LogP contribution >= 0.6 is 0 Å². The molecule has 0 bridgehead atoms. The molecule has 0 aliphatic heterocycles. The number of amides is 4. The molecule has 3 atom stereocenters. The highest BCUT2D eigenvalue weighted by Gasteiger charge is 2.28. The third kappa shape index (κ3) is 14.8. The van der Waals surface area contributed by atoms with Crippen LogP contribution in [0, 0.1) is 0 Å². The van der Waals surface area contributed by atoms with Crippen molar-refractivity contribution >= 4 is 23.6 Å². The molecule has 0 aromatic rings. The van der Waals surface area contributed by atoms with Crippen LogP contribution in [0.4, 0.5) is 0 Å². The molecule has 198 valence electrons. The molecule has 0 fully saturated rings. The lowest BCUT2D eigenvalue weighted by atomic mass is 10.1. The summed E-state index contributed by atoms with van der Waals surface area (Å²) in [5, 5.41) is 8.09. The minimum atomic E-state index is -0.915. The van der Waals surface area contributed by atoms with Crippen LogP contribution < -0.4 is 38.9 Å². The number of unbranched alkanes of at least 4 members (excludes halogenated alkanes) is 4. The van der Waals surface area contributed by atoms with Gasteiger partial charge in [0.2, 0.25) is 23.6 Å². The molecule has 0 aliphatic carbocycles. The van der Waals surface area contributed by atoms with Gasteiger partial charge in [-0.1, -0.05) is 32.6 Å². The summed E-state index contributed by atoms with van der Waals surface area (Å²) in [4.78, 5) is 49.9. The molecule has 11 nitrogen and oxygen atoms in total. The van der Waals surface area contributed by atoms with Gasteiger partial charge in [-0.25, -0.2) is 0 Å². The predicted molar refractivity (Wildman–Crippen MR) is 133 cm³/mol. The Labute approximate surface area is 203 Å². The van der Waals surface area contributed by atoms with Crippen molar-refractivity contribution < 1.29 is 19.2 Å². The number of rotatable bonds is 21. The lowest BCUT2D eigenvalue weighted by molar-refractivity contribution is -0.133. The molecule has 0 spiro atoms. The van der Waals surface area contributed by atoms with Gasteiger partial charge >= 0.3 is 0 Å². The van der Waals surface area contributed by atoms with Crippen molar-refractivity contribution in [3.05, 3.63) is 0 Å². The summed E-state index contributed by atoms with van der Waals surface area (Å²) in [6.07, 6.45) is 7.90. The second-order valence-corrected chi connectivity index (χ2v) is 8.60. The van der Waals surface area contributed by atoms with Gasteiger partial charge in [0.25, 0.3) is 0 Å². The van der Waals surface area contributed by atoms with Crippen molar-refractivity contribution in [2.75, 3.05) is 19.6 Å². The average molecular weight is 486 g/mol. The fraction of sp³-hybridized carbons (Fsp3) is 0.826. The van der Waals surface area contributed by atoms with Crippen molar-refractivity contribution in [2.24, 2.45) is 22.9 Å². The zero-order chi connectivity index (χ0) is 25.8.